The fourth-order valence-corrected chi connectivity index (χ4v) is 1.46. The number of aliphatic carboxylic acids is 1. The number of aliphatic hydroxyl groups is 1. The highest BCUT2D eigenvalue weighted by Gasteiger charge is 2.18. The van der Waals surface area contributed by atoms with Crippen LogP contribution in [0.2, 0.25) is 0 Å². The van der Waals surface area contributed by atoms with Gasteiger partial charge in [-0.05, 0) is 23.6 Å². The summed E-state index contributed by atoms with van der Waals surface area (Å²) in [6.07, 6.45) is 0. The minimum Gasteiger partial charge on any atom is -0.480 e. The molecule has 104 valence electrons. The quantitative estimate of drug-likeness (QED) is 0.647. The predicted octanol–water partition coefficient (Wildman–Crippen LogP) is 1.38. The second-order valence-corrected chi connectivity index (χ2v) is 4.45. The van der Waals surface area contributed by atoms with Crippen LogP contribution in [0, 0.1) is 0 Å². The van der Waals surface area contributed by atoms with Gasteiger partial charge in [-0.3, -0.25) is 0 Å². The minimum absolute atomic E-state index is 0.397. The van der Waals surface area contributed by atoms with Gasteiger partial charge in [-0.25, -0.2) is 9.59 Å². The lowest BCUT2D eigenvalue weighted by molar-refractivity contribution is -0.140. The van der Waals surface area contributed by atoms with Gasteiger partial charge in [0.25, 0.3) is 0 Å². The van der Waals surface area contributed by atoms with Gasteiger partial charge < -0.3 is 20.8 Å². The Morgan fingerprint density at radius 1 is 1.21 bits per heavy atom. The lowest BCUT2D eigenvalue weighted by Crippen LogP contribution is -2.45. The van der Waals surface area contributed by atoms with Crippen LogP contribution < -0.4 is 10.6 Å². The number of nitrogens with one attached hydrogen (secondary N) is 2. The lowest BCUT2D eigenvalue weighted by atomic mass is 10.0. The van der Waals surface area contributed by atoms with Crippen LogP contribution in [0.4, 0.5) is 10.5 Å². The summed E-state index contributed by atoms with van der Waals surface area (Å²) in [5, 5.41) is 22.1. The van der Waals surface area contributed by atoms with Crippen molar-refractivity contribution in [3.63, 3.8) is 0 Å². The number of hydrogen-bond acceptors (Lipinski definition) is 3. The second-order valence-electron chi connectivity index (χ2n) is 4.45. The third-order valence-corrected chi connectivity index (χ3v) is 2.62. The Labute approximate surface area is 111 Å². The average molecular weight is 266 g/mol. The van der Waals surface area contributed by atoms with E-state index >= 15 is 0 Å². The smallest absolute Gasteiger partial charge is 0.328 e. The molecule has 0 fully saturated rings. The summed E-state index contributed by atoms with van der Waals surface area (Å²) in [5.74, 6) is -0.888. The molecule has 0 radical (unpaired) electrons. The summed E-state index contributed by atoms with van der Waals surface area (Å²) in [6.45, 7) is 3.47. The molecule has 0 heterocycles. The first-order valence-corrected chi connectivity index (χ1v) is 5.95. The third-order valence-electron chi connectivity index (χ3n) is 2.62. The van der Waals surface area contributed by atoms with E-state index in [0.717, 1.165) is 5.56 Å². The molecule has 0 aromatic heterocycles. The van der Waals surface area contributed by atoms with Crippen LogP contribution in [0.5, 0.6) is 0 Å². The van der Waals surface area contributed by atoms with Gasteiger partial charge in [0, 0.05) is 5.69 Å². The summed E-state index contributed by atoms with van der Waals surface area (Å²) in [7, 11) is 0. The van der Waals surface area contributed by atoms with E-state index in [2.05, 4.69) is 24.5 Å². The molecule has 1 atom stereocenters. The van der Waals surface area contributed by atoms with Gasteiger partial charge in [-0.2, -0.15) is 0 Å². The van der Waals surface area contributed by atoms with Crippen molar-refractivity contribution < 1.29 is 19.8 Å². The van der Waals surface area contributed by atoms with Crippen LogP contribution in [0.15, 0.2) is 24.3 Å². The van der Waals surface area contributed by atoms with E-state index in [9.17, 15) is 9.59 Å². The van der Waals surface area contributed by atoms with Crippen LogP contribution in [0.1, 0.15) is 25.3 Å². The van der Waals surface area contributed by atoms with Gasteiger partial charge in [0.2, 0.25) is 0 Å². The van der Waals surface area contributed by atoms with Crippen molar-refractivity contribution in [1.29, 1.82) is 0 Å². The SMILES string of the molecule is CC(C)c1ccc(NC(=O)N[C@@H](CO)C(=O)O)cc1. The van der Waals surface area contributed by atoms with Gasteiger partial charge in [0.15, 0.2) is 6.04 Å². The van der Waals surface area contributed by atoms with Crippen LogP contribution in [0.3, 0.4) is 0 Å². The molecule has 0 bridgehead atoms. The molecular weight excluding hydrogens is 248 g/mol. The van der Waals surface area contributed by atoms with Crippen molar-refractivity contribution in [2.75, 3.05) is 11.9 Å². The van der Waals surface area contributed by atoms with Crippen molar-refractivity contribution >= 4 is 17.7 Å². The zero-order valence-corrected chi connectivity index (χ0v) is 10.9. The summed E-state index contributed by atoms with van der Waals surface area (Å²) < 4.78 is 0. The molecule has 6 nitrogen and oxygen atoms in total. The molecule has 6 heteroatoms. The number of hydrogen-bond donors (Lipinski definition) is 4. The molecule has 0 saturated heterocycles. The normalized spacial score (nSPS) is 12.0. The maximum Gasteiger partial charge on any atom is 0.328 e. The average Bonchev–Trinajstić information content (AvgIpc) is 2.36. The van der Waals surface area contributed by atoms with Gasteiger partial charge in [-0.1, -0.05) is 26.0 Å². The first kappa shape index (κ1) is 15.0. The van der Waals surface area contributed by atoms with Crippen LogP contribution >= 0.6 is 0 Å². The summed E-state index contributed by atoms with van der Waals surface area (Å²) in [4.78, 5) is 22.1. The summed E-state index contributed by atoms with van der Waals surface area (Å²) in [5.41, 5.74) is 1.70. The van der Waals surface area contributed by atoms with Crippen molar-refractivity contribution in [2.45, 2.75) is 25.8 Å². The number of aliphatic hydroxyl groups excluding tert-OH is 1. The lowest BCUT2D eigenvalue weighted by Gasteiger charge is -2.13. The Bertz CT molecular complexity index is 442. The molecule has 1 rings (SSSR count). The number of carbonyl (C=O) groups excluding carboxylic acids is 1. The Morgan fingerprint density at radius 3 is 2.21 bits per heavy atom. The number of benzene rings is 1. The first-order chi connectivity index (χ1) is 8.93. The number of carboxylic acids is 1. The van der Waals surface area contributed by atoms with Crippen molar-refractivity contribution in [1.82, 2.24) is 5.32 Å². The number of amides is 2. The van der Waals surface area contributed by atoms with Crippen molar-refractivity contribution in [3.8, 4) is 0 Å². The Kier molecular flexibility index (Phi) is 5.32. The van der Waals surface area contributed by atoms with Crippen LogP contribution in [0.25, 0.3) is 0 Å². The van der Waals surface area contributed by atoms with Crippen molar-refractivity contribution in [3.05, 3.63) is 29.8 Å². The zero-order chi connectivity index (χ0) is 14.4. The number of anilines is 1. The number of carboxylic acid groups (broad SMARTS) is 1. The van der Waals surface area contributed by atoms with E-state index in [0.29, 0.717) is 11.6 Å². The maximum atomic E-state index is 11.5. The zero-order valence-electron chi connectivity index (χ0n) is 10.9. The first-order valence-electron chi connectivity index (χ1n) is 5.95. The standard InChI is InChI=1S/C13H18N2O4/c1-8(2)9-3-5-10(6-4-9)14-13(19)15-11(7-16)12(17)18/h3-6,8,11,16H,7H2,1-2H3,(H,17,18)(H2,14,15,19)/t11-/m0/s1. The highest BCUT2D eigenvalue weighted by molar-refractivity contribution is 5.92. The van der Waals surface area contributed by atoms with E-state index in [1.54, 1.807) is 12.1 Å². The van der Waals surface area contributed by atoms with Crippen LogP contribution in [-0.4, -0.2) is 34.9 Å². The van der Waals surface area contributed by atoms with Gasteiger partial charge in [-0.15, -0.1) is 0 Å². The minimum atomic E-state index is -1.31. The Balaban J connectivity index is 2.59. The second kappa shape index (κ2) is 6.75. The molecule has 1 aromatic rings. The molecule has 2 amide bonds. The van der Waals surface area contributed by atoms with E-state index in [4.69, 9.17) is 10.2 Å². The molecule has 1 aromatic carbocycles. The largest absolute Gasteiger partial charge is 0.480 e. The molecule has 0 spiro atoms. The van der Waals surface area contributed by atoms with E-state index in [1.807, 2.05) is 12.1 Å². The van der Waals surface area contributed by atoms with Crippen LogP contribution in [-0.2, 0) is 4.79 Å². The van der Waals surface area contributed by atoms with E-state index < -0.39 is 24.6 Å². The highest BCUT2D eigenvalue weighted by Crippen LogP contribution is 2.16. The molecule has 0 saturated carbocycles. The molecule has 0 aliphatic rings. The van der Waals surface area contributed by atoms with E-state index in [-0.39, 0.29) is 0 Å². The molecule has 0 aliphatic heterocycles. The van der Waals surface area contributed by atoms with Gasteiger partial charge in [0.05, 0.1) is 6.61 Å². The molecular formula is C13H18N2O4. The maximum absolute atomic E-state index is 11.5. The topological polar surface area (TPSA) is 98.7 Å². The molecule has 0 aliphatic carbocycles. The predicted molar refractivity (Wildman–Crippen MR) is 71.2 cm³/mol. The Morgan fingerprint density at radius 2 is 1.79 bits per heavy atom. The molecule has 19 heavy (non-hydrogen) atoms. The monoisotopic (exact) mass is 266 g/mol. The fraction of sp³-hybridized carbons (Fsp3) is 0.385. The summed E-state index contributed by atoms with van der Waals surface area (Å²) in [6, 6.07) is 5.28. The Hall–Kier alpha value is -2.08. The fourth-order valence-electron chi connectivity index (χ4n) is 1.46. The van der Waals surface area contributed by atoms with E-state index in [1.165, 1.54) is 0 Å². The summed E-state index contributed by atoms with van der Waals surface area (Å²) >= 11 is 0. The number of urea groups is 1. The number of carbonyl (C=O) groups is 2. The van der Waals surface area contributed by atoms with Crippen molar-refractivity contribution in [2.24, 2.45) is 0 Å². The van der Waals surface area contributed by atoms with Gasteiger partial charge in [0.1, 0.15) is 0 Å². The highest BCUT2D eigenvalue weighted by atomic mass is 16.4. The third kappa shape index (κ3) is 4.59. The molecule has 0 unspecified atom stereocenters. The number of rotatable bonds is 5. The molecule has 4 N–H and O–H groups in total. The van der Waals surface area contributed by atoms with Gasteiger partial charge >= 0.3 is 12.0 Å².